The van der Waals surface area contributed by atoms with Crippen molar-refractivity contribution in [2.45, 2.75) is 12.8 Å². The first-order valence-electron chi connectivity index (χ1n) is 6.46. The lowest BCUT2D eigenvalue weighted by atomic mass is 10.3. The predicted octanol–water partition coefficient (Wildman–Crippen LogP) is 2.07. The normalized spacial score (nSPS) is 9.95. The van der Waals surface area contributed by atoms with Gasteiger partial charge in [0.2, 0.25) is 11.9 Å². The van der Waals surface area contributed by atoms with Crippen LogP contribution in [0.5, 0.6) is 0 Å². The van der Waals surface area contributed by atoms with Gasteiger partial charge in [0.25, 0.3) is 0 Å². The van der Waals surface area contributed by atoms with E-state index < -0.39 is 0 Å². The van der Waals surface area contributed by atoms with Crippen LogP contribution in [0.1, 0.15) is 12.8 Å². The lowest BCUT2D eigenvalue weighted by molar-refractivity contribution is -0.116. The molecule has 0 saturated carbocycles. The van der Waals surface area contributed by atoms with Crippen molar-refractivity contribution in [2.24, 2.45) is 0 Å². The number of anilines is 3. The quantitative estimate of drug-likeness (QED) is 0.878. The van der Waals surface area contributed by atoms with E-state index in [2.05, 4.69) is 15.3 Å². The summed E-state index contributed by atoms with van der Waals surface area (Å²) < 4.78 is 0. The molecule has 0 aliphatic rings. The maximum atomic E-state index is 11.5. The number of hydrogen-bond donors (Lipinski definition) is 1. The molecule has 1 aromatic carbocycles. The van der Waals surface area contributed by atoms with E-state index in [0.29, 0.717) is 11.6 Å². The minimum absolute atomic E-state index is 0.0848. The maximum Gasteiger partial charge on any atom is 0.229 e. The number of aromatic nitrogens is 2. The Morgan fingerprint density at radius 1 is 1.24 bits per heavy atom. The zero-order chi connectivity index (χ0) is 15.1. The van der Waals surface area contributed by atoms with Crippen LogP contribution in [0.4, 0.5) is 17.3 Å². The third-order valence-corrected chi connectivity index (χ3v) is 2.82. The third-order valence-electron chi connectivity index (χ3n) is 2.82. The molecule has 1 aromatic heterocycles. The fraction of sp³-hybridized carbons (Fsp3) is 0.200. The number of amides is 1. The standard InChI is InChI=1S/C15H15N4O2/c1-19(13-6-3-2-4-7-13)15-16-10-12(11-17-15)18-14(21)8-5-9-20/h2-4,6-7,10-11H,5,8H2,1H3,(H,18,21). The van der Waals surface area contributed by atoms with Gasteiger partial charge in [0, 0.05) is 25.6 Å². The molecule has 0 aliphatic carbocycles. The molecule has 21 heavy (non-hydrogen) atoms. The van der Waals surface area contributed by atoms with Crippen LogP contribution in [0.25, 0.3) is 0 Å². The summed E-state index contributed by atoms with van der Waals surface area (Å²) in [5.74, 6) is 0.270. The van der Waals surface area contributed by atoms with Gasteiger partial charge in [-0.1, -0.05) is 18.2 Å². The molecular weight excluding hydrogens is 268 g/mol. The predicted molar refractivity (Wildman–Crippen MR) is 80.1 cm³/mol. The van der Waals surface area contributed by atoms with Gasteiger partial charge in [0.05, 0.1) is 18.1 Å². The molecule has 0 fully saturated rings. The number of carbonyl (C=O) groups is 1. The fourth-order valence-electron chi connectivity index (χ4n) is 1.71. The first kappa shape index (κ1) is 14.6. The summed E-state index contributed by atoms with van der Waals surface area (Å²) in [6, 6.07) is 9.71. The highest BCUT2D eigenvalue weighted by Crippen LogP contribution is 2.19. The molecule has 1 heterocycles. The molecular formula is C15H15N4O2. The minimum Gasteiger partial charge on any atom is -0.323 e. The van der Waals surface area contributed by atoms with Crippen LogP contribution in [0, 0.1) is 0 Å². The zero-order valence-electron chi connectivity index (χ0n) is 11.6. The van der Waals surface area contributed by atoms with E-state index >= 15 is 0 Å². The van der Waals surface area contributed by atoms with Crippen LogP contribution in [0.15, 0.2) is 42.7 Å². The second-order valence-corrected chi connectivity index (χ2v) is 4.36. The Bertz CT molecular complexity index is 599. The summed E-state index contributed by atoms with van der Waals surface area (Å²) in [4.78, 5) is 31.8. The van der Waals surface area contributed by atoms with Gasteiger partial charge in [-0.2, -0.15) is 0 Å². The number of benzene rings is 1. The topological polar surface area (TPSA) is 75.2 Å². The Morgan fingerprint density at radius 3 is 2.52 bits per heavy atom. The molecule has 107 valence electrons. The molecule has 0 bridgehead atoms. The van der Waals surface area contributed by atoms with Crippen molar-refractivity contribution >= 4 is 29.5 Å². The summed E-state index contributed by atoms with van der Waals surface area (Å²) in [6.45, 7) is 0. The van der Waals surface area contributed by atoms with Crippen molar-refractivity contribution in [3.05, 3.63) is 42.7 Å². The maximum absolute atomic E-state index is 11.5. The Kier molecular flexibility index (Phi) is 4.98. The van der Waals surface area contributed by atoms with E-state index in [1.54, 1.807) is 6.29 Å². The van der Waals surface area contributed by atoms with E-state index in [0.717, 1.165) is 5.69 Å². The molecule has 2 aromatic rings. The van der Waals surface area contributed by atoms with Crippen molar-refractivity contribution in [1.29, 1.82) is 0 Å². The van der Waals surface area contributed by atoms with Gasteiger partial charge in [-0.15, -0.1) is 0 Å². The minimum atomic E-state index is -0.258. The number of hydrogen-bond acceptors (Lipinski definition) is 5. The average molecular weight is 283 g/mol. The summed E-state index contributed by atoms with van der Waals surface area (Å²) in [7, 11) is 1.86. The number of rotatable bonds is 6. The molecule has 6 heteroatoms. The van der Waals surface area contributed by atoms with Gasteiger partial charge in [-0.3, -0.25) is 9.59 Å². The summed E-state index contributed by atoms with van der Waals surface area (Å²) in [5.41, 5.74) is 1.46. The third kappa shape index (κ3) is 4.10. The lowest BCUT2D eigenvalue weighted by Gasteiger charge is -2.16. The van der Waals surface area contributed by atoms with Crippen molar-refractivity contribution in [1.82, 2.24) is 9.97 Å². The van der Waals surface area contributed by atoms with E-state index in [-0.39, 0.29) is 18.7 Å². The largest absolute Gasteiger partial charge is 0.323 e. The number of carbonyl (C=O) groups excluding carboxylic acids is 2. The van der Waals surface area contributed by atoms with Crippen LogP contribution in [0.3, 0.4) is 0 Å². The monoisotopic (exact) mass is 283 g/mol. The molecule has 2 rings (SSSR count). The van der Waals surface area contributed by atoms with Gasteiger partial charge < -0.3 is 10.2 Å². The summed E-state index contributed by atoms with van der Waals surface area (Å²) in [6.07, 6.45) is 4.93. The Morgan fingerprint density at radius 2 is 1.90 bits per heavy atom. The second kappa shape index (κ2) is 7.14. The lowest BCUT2D eigenvalue weighted by Crippen LogP contribution is -2.15. The molecule has 0 atom stereocenters. The summed E-state index contributed by atoms with van der Waals surface area (Å²) in [5, 5.41) is 2.62. The molecule has 1 amide bonds. The number of nitrogens with one attached hydrogen (secondary N) is 1. The Balaban J connectivity index is 2.02. The highest BCUT2D eigenvalue weighted by molar-refractivity contribution is 5.91. The first-order valence-corrected chi connectivity index (χ1v) is 6.46. The number of nitrogens with zero attached hydrogens (tertiary/aromatic N) is 3. The van der Waals surface area contributed by atoms with Crippen LogP contribution < -0.4 is 10.2 Å². The van der Waals surface area contributed by atoms with Crippen LogP contribution in [-0.2, 0) is 9.59 Å². The van der Waals surface area contributed by atoms with Crippen molar-refractivity contribution < 1.29 is 9.59 Å². The van der Waals surface area contributed by atoms with Gasteiger partial charge >= 0.3 is 0 Å². The molecule has 1 radical (unpaired) electrons. The van der Waals surface area contributed by atoms with Gasteiger partial charge in [-0.05, 0) is 12.1 Å². The van der Waals surface area contributed by atoms with E-state index in [1.807, 2.05) is 42.3 Å². The Labute approximate surface area is 122 Å². The van der Waals surface area contributed by atoms with Crippen LogP contribution in [0.2, 0.25) is 0 Å². The van der Waals surface area contributed by atoms with Crippen molar-refractivity contribution in [3.8, 4) is 0 Å². The highest BCUT2D eigenvalue weighted by atomic mass is 16.1. The average Bonchev–Trinajstić information content (AvgIpc) is 2.54. The zero-order valence-corrected chi connectivity index (χ0v) is 11.6. The highest BCUT2D eigenvalue weighted by Gasteiger charge is 2.07. The number of para-hydroxylation sites is 1. The van der Waals surface area contributed by atoms with Crippen molar-refractivity contribution in [3.63, 3.8) is 0 Å². The molecule has 1 N–H and O–H groups in total. The van der Waals surface area contributed by atoms with E-state index in [1.165, 1.54) is 12.4 Å². The second-order valence-electron chi connectivity index (χ2n) is 4.36. The van der Waals surface area contributed by atoms with Gasteiger partial charge in [0.1, 0.15) is 0 Å². The van der Waals surface area contributed by atoms with E-state index in [9.17, 15) is 9.59 Å². The van der Waals surface area contributed by atoms with Gasteiger partial charge in [-0.25, -0.2) is 9.97 Å². The first-order chi connectivity index (χ1) is 10.2. The molecule has 0 aliphatic heterocycles. The fourth-order valence-corrected chi connectivity index (χ4v) is 1.71. The summed E-state index contributed by atoms with van der Waals surface area (Å²) >= 11 is 0. The molecule has 0 spiro atoms. The van der Waals surface area contributed by atoms with E-state index in [4.69, 9.17) is 0 Å². The molecule has 6 nitrogen and oxygen atoms in total. The Hall–Kier alpha value is -2.76. The SMILES string of the molecule is CN(c1ccccc1)c1ncc(NC(=O)CC[C]=O)cn1. The van der Waals surface area contributed by atoms with Gasteiger partial charge in [0.15, 0.2) is 6.29 Å². The smallest absolute Gasteiger partial charge is 0.229 e. The molecule has 0 saturated heterocycles. The van der Waals surface area contributed by atoms with Crippen LogP contribution >= 0.6 is 0 Å². The molecule has 0 unspecified atom stereocenters. The van der Waals surface area contributed by atoms with Crippen LogP contribution in [-0.4, -0.2) is 29.2 Å². The van der Waals surface area contributed by atoms with Crippen molar-refractivity contribution in [2.75, 3.05) is 17.3 Å².